The van der Waals surface area contributed by atoms with E-state index in [4.69, 9.17) is 9.47 Å². The van der Waals surface area contributed by atoms with Gasteiger partial charge in [-0.3, -0.25) is 9.79 Å². The van der Waals surface area contributed by atoms with E-state index in [0.29, 0.717) is 17.9 Å². The van der Waals surface area contributed by atoms with Gasteiger partial charge in [0.2, 0.25) is 0 Å². The number of methoxy groups -OCH3 is 3. The Bertz CT molecular complexity index is 576. The van der Waals surface area contributed by atoms with E-state index < -0.39 is 0 Å². The van der Waals surface area contributed by atoms with Gasteiger partial charge in [0.25, 0.3) is 0 Å². The molecule has 0 heterocycles. The first kappa shape index (κ1) is 21.6. The van der Waals surface area contributed by atoms with Crippen LogP contribution in [0.15, 0.2) is 23.2 Å². The first-order valence-corrected chi connectivity index (χ1v) is 8.98. The number of hydrogen-bond donors (Lipinski definition) is 2. The van der Waals surface area contributed by atoms with Crippen molar-refractivity contribution in [2.45, 2.75) is 39.0 Å². The van der Waals surface area contributed by atoms with Crippen LogP contribution < -0.4 is 20.1 Å². The predicted octanol–water partition coefficient (Wildman–Crippen LogP) is 3.20. The Labute approximate surface area is 156 Å². The normalized spacial score (nSPS) is 11.0. The molecule has 2 N–H and O–H groups in total. The molecule has 0 aliphatic rings. The molecule has 0 amide bonds. The summed E-state index contributed by atoms with van der Waals surface area (Å²) in [5, 5.41) is 6.50. The van der Waals surface area contributed by atoms with Gasteiger partial charge in [-0.05, 0) is 31.9 Å². The van der Waals surface area contributed by atoms with E-state index in [-0.39, 0.29) is 5.97 Å². The van der Waals surface area contributed by atoms with Crippen LogP contribution in [0.25, 0.3) is 0 Å². The fourth-order valence-electron chi connectivity index (χ4n) is 2.39. The average molecular weight is 365 g/mol. The third-order valence-corrected chi connectivity index (χ3v) is 3.78. The van der Waals surface area contributed by atoms with Crippen molar-refractivity contribution in [2.24, 2.45) is 4.99 Å². The lowest BCUT2D eigenvalue weighted by Gasteiger charge is -2.13. The lowest BCUT2D eigenvalue weighted by Crippen LogP contribution is -2.30. The Kier molecular flexibility index (Phi) is 10.7. The number of carbonyl (C=O) groups is 1. The third-order valence-electron chi connectivity index (χ3n) is 3.78. The van der Waals surface area contributed by atoms with Crippen LogP contribution in [0.4, 0.5) is 5.69 Å². The molecule has 1 aromatic rings. The summed E-state index contributed by atoms with van der Waals surface area (Å²) in [6.07, 6.45) is 4.37. The van der Waals surface area contributed by atoms with Gasteiger partial charge < -0.3 is 24.8 Å². The number of rotatable bonds is 11. The number of benzene rings is 1. The summed E-state index contributed by atoms with van der Waals surface area (Å²) in [4.78, 5) is 15.6. The number of aliphatic imine (C=N–C) groups is 1. The zero-order valence-electron chi connectivity index (χ0n) is 16.3. The summed E-state index contributed by atoms with van der Waals surface area (Å²) < 4.78 is 15.2. The van der Waals surface area contributed by atoms with Crippen LogP contribution in [0.3, 0.4) is 0 Å². The Morgan fingerprint density at radius 2 is 1.77 bits per heavy atom. The van der Waals surface area contributed by atoms with Crippen molar-refractivity contribution in [1.29, 1.82) is 0 Å². The first-order chi connectivity index (χ1) is 12.6. The zero-order valence-corrected chi connectivity index (χ0v) is 16.3. The Balaban J connectivity index is 2.47. The fourth-order valence-corrected chi connectivity index (χ4v) is 2.39. The van der Waals surface area contributed by atoms with Crippen molar-refractivity contribution in [1.82, 2.24) is 5.32 Å². The average Bonchev–Trinajstić information content (AvgIpc) is 2.66. The molecule has 0 atom stereocenters. The van der Waals surface area contributed by atoms with Gasteiger partial charge in [-0.15, -0.1) is 0 Å². The third kappa shape index (κ3) is 8.09. The number of esters is 1. The van der Waals surface area contributed by atoms with Crippen LogP contribution in [-0.4, -0.2) is 46.3 Å². The van der Waals surface area contributed by atoms with Crippen molar-refractivity contribution in [3.05, 3.63) is 18.2 Å². The van der Waals surface area contributed by atoms with Gasteiger partial charge in [0.15, 0.2) is 17.5 Å². The summed E-state index contributed by atoms with van der Waals surface area (Å²) in [5.74, 6) is 1.94. The van der Waals surface area contributed by atoms with Crippen molar-refractivity contribution in [2.75, 3.05) is 39.7 Å². The molecule has 26 heavy (non-hydrogen) atoms. The second-order valence-corrected chi connectivity index (χ2v) is 5.70. The number of hydrogen-bond acceptors (Lipinski definition) is 5. The molecule has 0 unspecified atom stereocenters. The lowest BCUT2D eigenvalue weighted by molar-refractivity contribution is -0.140. The summed E-state index contributed by atoms with van der Waals surface area (Å²) in [6, 6.07) is 5.64. The van der Waals surface area contributed by atoms with Crippen LogP contribution in [0, 0.1) is 0 Å². The largest absolute Gasteiger partial charge is 0.493 e. The number of ether oxygens (including phenoxy) is 3. The highest BCUT2D eigenvalue weighted by Gasteiger charge is 2.06. The van der Waals surface area contributed by atoms with Gasteiger partial charge in [-0.1, -0.05) is 12.8 Å². The second kappa shape index (κ2) is 12.9. The van der Waals surface area contributed by atoms with E-state index in [1.807, 2.05) is 25.1 Å². The highest BCUT2D eigenvalue weighted by Crippen LogP contribution is 2.29. The zero-order chi connectivity index (χ0) is 19.2. The number of carbonyl (C=O) groups excluding carboxylic acids is 1. The maximum atomic E-state index is 11.0. The van der Waals surface area contributed by atoms with Gasteiger partial charge in [0.05, 0.1) is 21.3 Å². The van der Waals surface area contributed by atoms with E-state index in [2.05, 4.69) is 20.4 Å². The number of unbranched alkanes of at least 4 members (excludes halogenated alkanes) is 3. The minimum absolute atomic E-state index is 0.142. The van der Waals surface area contributed by atoms with Gasteiger partial charge >= 0.3 is 5.97 Å². The SMILES string of the molecule is CCNC(=NCCCCCCC(=O)OC)Nc1ccc(OC)c(OC)c1. The van der Waals surface area contributed by atoms with Crippen molar-refractivity contribution < 1.29 is 19.0 Å². The van der Waals surface area contributed by atoms with Crippen LogP contribution in [-0.2, 0) is 9.53 Å². The lowest BCUT2D eigenvalue weighted by atomic mass is 10.1. The smallest absolute Gasteiger partial charge is 0.305 e. The van der Waals surface area contributed by atoms with Gasteiger partial charge in [-0.25, -0.2) is 0 Å². The molecule has 0 aliphatic heterocycles. The second-order valence-electron chi connectivity index (χ2n) is 5.70. The molecular weight excluding hydrogens is 334 g/mol. The number of anilines is 1. The van der Waals surface area contributed by atoms with Gasteiger partial charge in [0, 0.05) is 31.3 Å². The van der Waals surface area contributed by atoms with Gasteiger partial charge in [-0.2, -0.15) is 0 Å². The van der Waals surface area contributed by atoms with Crippen LogP contribution >= 0.6 is 0 Å². The number of guanidine groups is 1. The van der Waals surface area contributed by atoms with E-state index >= 15 is 0 Å². The number of nitrogens with one attached hydrogen (secondary N) is 2. The highest BCUT2D eigenvalue weighted by molar-refractivity contribution is 5.93. The molecule has 0 saturated heterocycles. The minimum atomic E-state index is -0.142. The molecule has 7 nitrogen and oxygen atoms in total. The summed E-state index contributed by atoms with van der Waals surface area (Å²) in [6.45, 7) is 3.53. The molecule has 1 rings (SSSR count). The molecule has 0 radical (unpaired) electrons. The van der Waals surface area contributed by atoms with Crippen LogP contribution in [0.2, 0.25) is 0 Å². The molecule has 0 saturated carbocycles. The summed E-state index contributed by atoms with van der Waals surface area (Å²) in [7, 11) is 4.65. The van der Waals surface area contributed by atoms with E-state index in [9.17, 15) is 4.79 Å². The van der Waals surface area contributed by atoms with Crippen LogP contribution in [0.5, 0.6) is 11.5 Å². The quantitative estimate of drug-likeness (QED) is 0.271. The maximum Gasteiger partial charge on any atom is 0.305 e. The van der Waals surface area contributed by atoms with Crippen LogP contribution in [0.1, 0.15) is 39.0 Å². The molecule has 146 valence electrons. The maximum absolute atomic E-state index is 11.0. The van der Waals surface area contributed by atoms with Crippen molar-refractivity contribution >= 4 is 17.6 Å². The highest BCUT2D eigenvalue weighted by atomic mass is 16.5. The molecule has 0 spiro atoms. The molecule has 0 aromatic heterocycles. The van der Waals surface area contributed by atoms with E-state index in [1.54, 1.807) is 14.2 Å². The molecule has 0 aliphatic carbocycles. The number of nitrogens with zero attached hydrogens (tertiary/aromatic N) is 1. The fraction of sp³-hybridized carbons (Fsp3) is 0.579. The molecular formula is C19H31N3O4. The van der Waals surface area contributed by atoms with E-state index in [1.165, 1.54) is 7.11 Å². The molecule has 0 fully saturated rings. The topological polar surface area (TPSA) is 81.2 Å². The minimum Gasteiger partial charge on any atom is -0.493 e. The molecule has 7 heteroatoms. The Morgan fingerprint density at radius 1 is 1.04 bits per heavy atom. The van der Waals surface area contributed by atoms with Crippen molar-refractivity contribution in [3.8, 4) is 11.5 Å². The first-order valence-electron chi connectivity index (χ1n) is 8.98. The Hall–Kier alpha value is -2.44. The standard InChI is InChI=1S/C19H31N3O4/c1-5-20-19(21-13-9-7-6-8-10-18(23)26-4)22-15-11-12-16(24-2)17(14-15)25-3/h11-12,14H,5-10,13H2,1-4H3,(H2,20,21,22). The molecule has 0 bridgehead atoms. The Morgan fingerprint density at radius 3 is 2.42 bits per heavy atom. The van der Waals surface area contributed by atoms with Crippen molar-refractivity contribution in [3.63, 3.8) is 0 Å². The van der Waals surface area contributed by atoms with Gasteiger partial charge in [0.1, 0.15) is 0 Å². The summed E-state index contributed by atoms with van der Waals surface area (Å²) in [5.41, 5.74) is 0.875. The van der Waals surface area contributed by atoms with E-state index in [0.717, 1.165) is 50.4 Å². The monoisotopic (exact) mass is 365 g/mol. The predicted molar refractivity (Wildman–Crippen MR) is 104 cm³/mol. The summed E-state index contributed by atoms with van der Waals surface area (Å²) >= 11 is 0. The molecule has 1 aromatic carbocycles.